The zero-order chi connectivity index (χ0) is 10.8. The van der Waals surface area contributed by atoms with Crippen LogP contribution in [-0.2, 0) is 0 Å². The number of amides is 1. The first-order chi connectivity index (χ1) is 7.22. The molecule has 1 fully saturated rings. The van der Waals surface area contributed by atoms with E-state index in [9.17, 15) is 4.79 Å². The molecule has 0 radical (unpaired) electrons. The fraction of sp³-hybridized carbons (Fsp3) is 0.364. The number of benzene rings is 1. The highest BCUT2D eigenvalue weighted by Crippen LogP contribution is 2.20. The SMILES string of the molecule is NCC1CCN1C(=O)c1cccc(Cl)c1. The normalized spacial score (nSPS) is 19.9. The third-order valence-corrected chi connectivity index (χ3v) is 2.98. The van der Waals surface area contributed by atoms with Gasteiger partial charge in [0, 0.05) is 29.7 Å². The average molecular weight is 225 g/mol. The molecule has 2 rings (SSSR count). The van der Waals surface area contributed by atoms with Gasteiger partial charge in [-0.1, -0.05) is 17.7 Å². The standard InChI is InChI=1S/C11H13ClN2O/c12-9-3-1-2-8(6-9)11(15)14-5-4-10(14)7-13/h1-3,6,10H,4-5,7,13H2. The summed E-state index contributed by atoms with van der Waals surface area (Å²) < 4.78 is 0. The third-order valence-electron chi connectivity index (χ3n) is 2.75. The number of nitrogens with zero attached hydrogens (tertiary/aromatic N) is 1. The molecule has 15 heavy (non-hydrogen) atoms. The molecule has 1 unspecified atom stereocenters. The Hall–Kier alpha value is -1.06. The average Bonchev–Trinajstić information content (AvgIpc) is 2.17. The highest BCUT2D eigenvalue weighted by Gasteiger charge is 2.31. The lowest BCUT2D eigenvalue weighted by Crippen LogP contribution is -2.54. The molecule has 0 spiro atoms. The molecule has 1 heterocycles. The summed E-state index contributed by atoms with van der Waals surface area (Å²) in [6, 6.07) is 7.22. The molecule has 80 valence electrons. The van der Waals surface area contributed by atoms with Crippen molar-refractivity contribution in [2.24, 2.45) is 5.73 Å². The zero-order valence-corrected chi connectivity index (χ0v) is 9.07. The van der Waals surface area contributed by atoms with Gasteiger partial charge in [0.25, 0.3) is 5.91 Å². The van der Waals surface area contributed by atoms with E-state index in [1.54, 1.807) is 29.2 Å². The number of carbonyl (C=O) groups is 1. The second-order valence-corrected chi connectivity index (χ2v) is 4.12. The molecule has 1 amide bonds. The van der Waals surface area contributed by atoms with Crippen molar-refractivity contribution in [3.63, 3.8) is 0 Å². The maximum Gasteiger partial charge on any atom is 0.254 e. The zero-order valence-electron chi connectivity index (χ0n) is 8.32. The predicted molar refractivity (Wildman–Crippen MR) is 59.9 cm³/mol. The number of carbonyl (C=O) groups excluding carboxylic acids is 1. The van der Waals surface area contributed by atoms with Gasteiger partial charge in [0.2, 0.25) is 0 Å². The van der Waals surface area contributed by atoms with Crippen molar-refractivity contribution in [3.8, 4) is 0 Å². The molecule has 1 aliphatic heterocycles. The number of nitrogens with two attached hydrogens (primary N) is 1. The fourth-order valence-electron chi connectivity index (χ4n) is 1.74. The maximum absolute atomic E-state index is 12.0. The molecule has 1 saturated heterocycles. The molecular formula is C11H13ClN2O. The van der Waals surface area contributed by atoms with Gasteiger partial charge in [0.15, 0.2) is 0 Å². The van der Waals surface area contributed by atoms with Gasteiger partial charge in [-0.15, -0.1) is 0 Å². The van der Waals surface area contributed by atoms with E-state index in [0.717, 1.165) is 13.0 Å². The Morgan fingerprint density at radius 2 is 2.40 bits per heavy atom. The van der Waals surface area contributed by atoms with Gasteiger partial charge >= 0.3 is 0 Å². The van der Waals surface area contributed by atoms with Crippen molar-refractivity contribution in [1.29, 1.82) is 0 Å². The number of likely N-dealkylation sites (tertiary alicyclic amines) is 1. The smallest absolute Gasteiger partial charge is 0.254 e. The lowest BCUT2D eigenvalue weighted by molar-refractivity contribution is 0.0482. The molecule has 0 aliphatic carbocycles. The monoisotopic (exact) mass is 224 g/mol. The van der Waals surface area contributed by atoms with E-state index in [-0.39, 0.29) is 11.9 Å². The van der Waals surface area contributed by atoms with Crippen molar-refractivity contribution < 1.29 is 4.79 Å². The van der Waals surface area contributed by atoms with E-state index in [1.807, 2.05) is 0 Å². The first-order valence-electron chi connectivity index (χ1n) is 4.99. The van der Waals surface area contributed by atoms with E-state index < -0.39 is 0 Å². The molecule has 1 aliphatic rings. The van der Waals surface area contributed by atoms with Crippen LogP contribution in [0.5, 0.6) is 0 Å². The van der Waals surface area contributed by atoms with E-state index >= 15 is 0 Å². The molecule has 0 saturated carbocycles. The van der Waals surface area contributed by atoms with Gasteiger partial charge in [-0.2, -0.15) is 0 Å². The van der Waals surface area contributed by atoms with Gasteiger partial charge in [-0.3, -0.25) is 4.79 Å². The fourth-order valence-corrected chi connectivity index (χ4v) is 1.93. The van der Waals surface area contributed by atoms with Gasteiger partial charge in [0.1, 0.15) is 0 Å². The number of hydrogen-bond acceptors (Lipinski definition) is 2. The highest BCUT2D eigenvalue weighted by molar-refractivity contribution is 6.30. The highest BCUT2D eigenvalue weighted by atomic mass is 35.5. The Morgan fingerprint density at radius 3 is 2.93 bits per heavy atom. The largest absolute Gasteiger partial charge is 0.334 e. The van der Waals surface area contributed by atoms with Crippen LogP contribution in [0.4, 0.5) is 0 Å². The van der Waals surface area contributed by atoms with Crippen molar-refractivity contribution in [1.82, 2.24) is 4.90 Å². The molecule has 1 aromatic rings. The first-order valence-corrected chi connectivity index (χ1v) is 5.37. The Bertz CT molecular complexity index is 379. The van der Waals surface area contributed by atoms with Crippen molar-refractivity contribution >= 4 is 17.5 Å². The summed E-state index contributed by atoms with van der Waals surface area (Å²) in [5.74, 6) is 0.0270. The van der Waals surface area contributed by atoms with E-state index in [1.165, 1.54) is 0 Å². The maximum atomic E-state index is 12.0. The second kappa shape index (κ2) is 4.21. The van der Waals surface area contributed by atoms with E-state index in [4.69, 9.17) is 17.3 Å². The van der Waals surface area contributed by atoms with Gasteiger partial charge < -0.3 is 10.6 Å². The molecule has 0 bridgehead atoms. The topological polar surface area (TPSA) is 46.3 Å². The van der Waals surface area contributed by atoms with Crippen LogP contribution < -0.4 is 5.73 Å². The summed E-state index contributed by atoms with van der Waals surface area (Å²) in [6.45, 7) is 1.33. The molecule has 1 aromatic carbocycles. The summed E-state index contributed by atoms with van der Waals surface area (Å²) in [7, 11) is 0. The molecule has 0 aromatic heterocycles. The minimum Gasteiger partial charge on any atom is -0.334 e. The molecule has 1 atom stereocenters. The van der Waals surface area contributed by atoms with Crippen molar-refractivity contribution in [2.75, 3.05) is 13.1 Å². The Balaban J connectivity index is 2.14. The molecule has 4 heteroatoms. The van der Waals surface area contributed by atoms with E-state index in [2.05, 4.69) is 0 Å². The van der Waals surface area contributed by atoms with Crippen LogP contribution in [-0.4, -0.2) is 29.9 Å². The van der Waals surface area contributed by atoms with Gasteiger partial charge in [0.05, 0.1) is 0 Å². The van der Waals surface area contributed by atoms with Crippen LogP contribution in [0.2, 0.25) is 5.02 Å². The van der Waals surface area contributed by atoms with Crippen LogP contribution in [0, 0.1) is 0 Å². The minimum atomic E-state index is 0.0270. The van der Waals surface area contributed by atoms with Crippen LogP contribution >= 0.6 is 11.6 Å². The molecule has 3 nitrogen and oxygen atoms in total. The number of rotatable bonds is 2. The van der Waals surface area contributed by atoms with Gasteiger partial charge in [-0.05, 0) is 24.6 Å². The van der Waals surface area contributed by atoms with Crippen molar-refractivity contribution in [2.45, 2.75) is 12.5 Å². The summed E-state index contributed by atoms with van der Waals surface area (Å²) in [6.07, 6.45) is 1.00. The van der Waals surface area contributed by atoms with E-state index in [0.29, 0.717) is 17.1 Å². The Kier molecular flexibility index (Phi) is 2.93. The Labute approximate surface area is 93.8 Å². The lowest BCUT2D eigenvalue weighted by atomic mass is 10.0. The summed E-state index contributed by atoms with van der Waals surface area (Å²) in [5, 5.41) is 0.589. The van der Waals surface area contributed by atoms with Crippen LogP contribution in [0.3, 0.4) is 0 Å². The number of hydrogen-bond donors (Lipinski definition) is 1. The predicted octanol–water partition coefficient (Wildman–Crippen LogP) is 1.51. The van der Waals surface area contributed by atoms with Crippen LogP contribution in [0.15, 0.2) is 24.3 Å². The summed E-state index contributed by atoms with van der Waals surface area (Å²) in [5.41, 5.74) is 6.19. The lowest BCUT2D eigenvalue weighted by Gasteiger charge is -2.40. The van der Waals surface area contributed by atoms with Gasteiger partial charge in [-0.25, -0.2) is 0 Å². The Morgan fingerprint density at radius 1 is 1.60 bits per heavy atom. The minimum absolute atomic E-state index is 0.0270. The third kappa shape index (κ3) is 1.98. The number of halogens is 1. The second-order valence-electron chi connectivity index (χ2n) is 3.69. The molecule has 2 N–H and O–H groups in total. The van der Waals surface area contributed by atoms with Crippen LogP contribution in [0.25, 0.3) is 0 Å². The quantitative estimate of drug-likeness (QED) is 0.828. The van der Waals surface area contributed by atoms with Crippen LogP contribution in [0.1, 0.15) is 16.8 Å². The summed E-state index contributed by atoms with van der Waals surface area (Å²) in [4.78, 5) is 13.8. The first kappa shape index (κ1) is 10.5. The molecular weight excluding hydrogens is 212 g/mol. The van der Waals surface area contributed by atoms with Crippen molar-refractivity contribution in [3.05, 3.63) is 34.9 Å². The summed E-state index contributed by atoms with van der Waals surface area (Å²) >= 11 is 5.83.